The molecule has 1 N–H and O–H groups in total. The van der Waals surface area contributed by atoms with Gasteiger partial charge in [-0.15, -0.1) is 0 Å². The van der Waals surface area contributed by atoms with Crippen molar-refractivity contribution in [2.24, 2.45) is 0 Å². The predicted molar refractivity (Wildman–Crippen MR) is 106 cm³/mol. The van der Waals surface area contributed by atoms with E-state index < -0.39 is 5.60 Å². The number of ether oxygens (including phenoxy) is 1. The normalized spacial score (nSPS) is 15.3. The van der Waals surface area contributed by atoms with Gasteiger partial charge in [0, 0.05) is 11.6 Å². The monoisotopic (exact) mass is 366 g/mol. The number of carbonyl (C=O) groups excluding carboxylic acids is 2. The first-order chi connectivity index (χ1) is 12.7. The summed E-state index contributed by atoms with van der Waals surface area (Å²) in [5.41, 5.74) is 2.36. The van der Waals surface area contributed by atoms with Crippen molar-refractivity contribution in [3.63, 3.8) is 0 Å². The lowest BCUT2D eigenvalue weighted by molar-refractivity contribution is -0.132. The van der Waals surface area contributed by atoms with Crippen LogP contribution in [-0.2, 0) is 11.3 Å². The molecule has 1 aliphatic rings. The van der Waals surface area contributed by atoms with Crippen LogP contribution in [0.1, 0.15) is 49.2 Å². The summed E-state index contributed by atoms with van der Waals surface area (Å²) in [5.74, 6) is 0.310. The van der Waals surface area contributed by atoms with Gasteiger partial charge in [0.25, 0.3) is 11.8 Å². The summed E-state index contributed by atoms with van der Waals surface area (Å²) in [4.78, 5) is 27.1. The van der Waals surface area contributed by atoms with Crippen molar-refractivity contribution in [2.45, 2.75) is 52.8 Å². The summed E-state index contributed by atoms with van der Waals surface area (Å²) in [7, 11) is 0. The molecule has 5 heteroatoms. The van der Waals surface area contributed by atoms with Crippen molar-refractivity contribution in [3.8, 4) is 5.75 Å². The Balaban J connectivity index is 2.00. The van der Waals surface area contributed by atoms with Gasteiger partial charge >= 0.3 is 0 Å². The SMILES string of the molecule is Cc1ccc(CN2C(=O)C(C)(C)Oc3ccc(C(=O)NC(C)C)cc32)cc1. The molecule has 0 saturated carbocycles. The van der Waals surface area contributed by atoms with Gasteiger partial charge in [0.2, 0.25) is 0 Å². The van der Waals surface area contributed by atoms with Crippen LogP contribution in [0.3, 0.4) is 0 Å². The average molecular weight is 366 g/mol. The van der Waals surface area contributed by atoms with E-state index in [-0.39, 0.29) is 17.9 Å². The topological polar surface area (TPSA) is 58.6 Å². The highest BCUT2D eigenvalue weighted by Gasteiger charge is 2.41. The number of benzene rings is 2. The second-order valence-electron chi connectivity index (χ2n) is 7.80. The van der Waals surface area contributed by atoms with Gasteiger partial charge in [-0.25, -0.2) is 0 Å². The number of fused-ring (bicyclic) bond motifs is 1. The summed E-state index contributed by atoms with van der Waals surface area (Å²) in [6.45, 7) is 9.81. The molecule has 2 aromatic rings. The third-order valence-electron chi connectivity index (χ3n) is 4.52. The first-order valence-electron chi connectivity index (χ1n) is 9.19. The molecule has 0 aromatic heterocycles. The van der Waals surface area contributed by atoms with Crippen molar-refractivity contribution in [1.29, 1.82) is 0 Å². The lowest BCUT2D eigenvalue weighted by Crippen LogP contribution is -2.52. The smallest absolute Gasteiger partial charge is 0.271 e. The number of nitrogens with one attached hydrogen (secondary N) is 1. The standard InChI is InChI=1S/C22H26N2O3/c1-14(2)23-20(25)17-10-11-19-18(12-17)24(21(26)22(4,5)27-19)13-16-8-6-15(3)7-9-16/h6-12,14H,13H2,1-5H3,(H,23,25). The van der Waals surface area contributed by atoms with E-state index in [4.69, 9.17) is 4.74 Å². The first kappa shape index (κ1) is 19.0. The molecular weight excluding hydrogens is 340 g/mol. The maximum Gasteiger partial charge on any atom is 0.271 e. The van der Waals surface area contributed by atoms with Crippen molar-refractivity contribution in [3.05, 3.63) is 59.2 Å². The van der Waals surface area contributed by atoms with Crippen LogP contribution in [0, 0.1) is 6.92 Å². The van der Waals surface area contributed by atoms with Crippen molar-refractivity contribution >= 4 is 17.5 Å². The van der Waals surface area contributed by atoms with Crippen LogP contribution in [0.25, 0.3) is 0 Å². The Labute approximate surface area is 160 Å². The van der Waals surface area contributed by atoms with Crippen LogP contribution >= 0.6 is 0 Å². The molecule has 0 unspecified atom stereocenters. The molecule has 142 valence electrons. The van der Waals surface area contributed by atoms with E-state index in [1.807, 2.05) is 45.0 Å². The lowest BCUT2D eigenvalue weighted by atomic mass is 10.0. The molecule has 0 atom stereocenters. The first-order valence-corrected chi connectivity index (χ1v) is 9.19. The largest absolute Gasteiger partial charge is 0.476 e. The summed E-state index contributed by atoms with van der Waals surface area (Å²) >= 11 is 0. The molecule has 2 amide bonds. The minimum absolute atomic E-state index is 0.0361. The number of nitrogens with zero attached hydrogens (tertiary/aromatic N) is 1. The van der Waals surface area contributed by atoms with Crippen molar-refractivity contribution < 1.29 is 14.3 Å². The van der Waals surface area contributed by atoms with Gasteiger partial charge in [0.15, 0.2) is 5.60 Å². The van der Waals surface area contributed by atoms with Gasteiger partial charge in [-0.05, 0) is 58.4 Å². The maximum absolute atomic E-state index is 13.0. The third-order valence-corrected chi connectivity index (χ3v) is 4.52. The zero-order valence-corrected chi connectivity index (χ0v) is 16.5. The molecule has 0 aliphatic carbocycles. The second kappa shape index (κ2) is 7.06. The molecule has 0 radical (unpaired) electrons. The Bertz CT molecular complexity index is 870. The zero-order chi connectivity index (χ0) is 19.8. The predicted octanol–water partition coefficient (Wildman–Crippen LogP) is 3.84. The molecule has 1 aliphatic heterocycles. The highest BCUT2D eigenvalue weighted by Crippen LogP contribution is 2.39. The molecule has 0 bridgehead atoms. The van der Waals surface area contributed by atoms with Crippen LogP contribution in [-0.4, -0.2) is 23.5 Å². The maximum atomic E-state index is 13.0. The van der Waals surface area contributed by atoms with Gasteiger partial charge in [0.05, 0.1) is 12.2 Å². The number of aryl methyl sites for hydroxylation is 1. The van der Waals surface area contributed by atoms with E-state index in [1.54, 1.807) is 36.9 Å². The van der Waals surface area contributed by atoms with E-state index in [9.17, 15) is 9.59 Å². The third kappa shape index (κ3) is 3.97. The van der Waals surface area contributed by atoms with E-state index in [1.165, 1.54) is 5.56 Å². The molecule has 5 nitrogen and oxygen atoms in total. The van der Waals surface area contributed by atoms with Gasteiger partial charge < -0.3 is 15.0 Å². The van der Waals surface area contributed by atoms with Gasteiger partial charge in [-0.1, -0.05) is 29.8 Å². The highest BCUT2D eigenvalue weighted by atomic mass is 16.5. The number of amides is 2. The molecule has 1 heterocycles. The van der Waals surface area contributed by atoms with Crippen LogP contribution in [0.15, 0.2) is 42.5 Å². The Hall–Kier alpha value is -2.82. The number of hydrogen-bond acceptors (Lipinski definition) is 3. The van der Waals surface area contributed by atoms with E-state index in [0.29, 0.717) is 23.5 Å². The van der Waals surface area contributed by atoms with Crippen LogP contribution < -0.4 is 15.0 Å². The lowest BCUT2D eigenvalue weighted by Gasteiger charge is -2.39. The Kier molecular flexibility index (Phi) is 4.96. The Morgan fingerprint density at radius 2 is 1.81 bits per heavy atom. The molecule has 3 rings (SSSR count). The molecule has 27 heavy (non-hydrogen) atoms. The number of anilines is 1. The molecule has 0 spiro atoms. The summed E-state index contributed by atoms with van der Waals surface area (Å²) in [6.07, 6.45) is 0. The van der Waals surface area contributed by atoms with Crippen LogP contribution in [0.4, 0.5) is 5.69 Å². The van der Waals surface area contributed by atoms with Crippen molar-refractivity contribution in [1.82, 2.24) is 5.32 Å². The minimum Gasteiger partial charge on any atom is -0.476 e. The molecular formula is C22H26N2O3. The van der Waals surface area contributed by atoms with E-state index in [0.717, 1.165) is 5.56 Å². The Morgan fingerprint density at radius 1 is 1.15 bits per heavy atom. The van der Waals surface area contributed by atoms with Crippen LogP contribution in [0.5, 0.6) is 5.75 Å². The van der Waals surface area contributed by atoms with Gasteiger partial charge in [-0.2, -0.15) is 0 Å². The number of hydrogen-bond donors (Lipinski definition) is 1. The van der Waals surface area contributed by atoms with E-state index in [2.05, 4.69) is 5.32 Å². The summed E-state index contributed by atoms with van der Waals surface area (Å²) in [6, 6.07) is 13.3. The fraction of sp³-hybridized carbons (Fsp3) is 0.364. The quantitative estimate of drug-likeness (QED) is 0.894. The second-order valence-corrected chi connectivity index (χ2v) is 7.80. The highest BCUT2D eigenvalue weighted by molar-refractivity contribution is 6.04. The zero-order valence-electron chi connectivity index (χ0n) is 16.5. The van der Waals surface area contributed by atoms with Crippen LogP contribution in [0.2, 0.25) is 0 Å². The Morgan fingerprint density at radius 3 is 2.44 bits per heavy atom. The van der Waals surface area contributed by atoms with Crippen molar-refractivity contribution in [2.75, 3.05) is 4.90 Å². The van der Waals surface area contributed by atoms with E-state index >= 15 is 0 Å². The fourth-order valence-electron chi connectivity index (χ4n) is 3.09. The molecule has 2 aromatic carbocycles. The minimum atomic E-state index is -0.959. The number of carbonyl (C=O) groups is 2. The molecule has 0 fully saturated rings. The fourth-order valence-corrected chi connectivity index (χ4v) is 3.09. The van der Waals surface area contributed by atoms with Gasteiger partial charge in [-0.3, -0.25) is 9.59 Å². The summed E-state index contributed by atoms with van der Waals surface area (Å²) < 4.78 is 5.91. The average Bonchev–Trinajstić information content (AvgIpc) is 2.59. The van der Waals surface area contributed by atoms with Gasteiger partial charge in [0.1, 0.15) is 5.75 Å². The summed E-state index contributed by atoms with van der Waals surface area (Å²) in [5, 5.41) is 2.88. The molecule has 0 saturated heterocycles. The number of rotatable bonds is 4.